The van der Waals surface area contributed by atoms with Gasteiger partial charge in [0, 0.05) is 17.5 Å². The molecular weight excluding hydrogens is 468 g/mol. The predicted octanol–water partition coefficient (Wildman–Crippen LogP) is 10.8. The number of rotatable bonds is 19. The molecule has 0 atom stereocenters. The molecule has 0 fully saturated rings. The summed E-state index contributed by atoms with van der Waals surface area (Å²) in [6.07, 6.45) is 22.2. The fourth-order valence-electron chi connectivity index (χ4n) is 6.45. The van der Waals surface area contributed by atoms with Crippen molar-refractivity contribution in [2.75, 3.05) is 0 Å². The summed E-state index contributed by atoms with van der Waals surface area (Å²) in [5.74, 6) is 0. The molecule has 0 saturated heterocycles. The summed E-state index contributed by atoms with van der Waals surface area (Å²) in [5, 5.41) is 21.5. The molecule has 0 radical (unpaired) electrons. The third kappa shape index (κ3) is 7.68. The largest absolute Gasteiger partial charge is 0.269 e. The first-order valence-corrected chi connectivity index (χ1v) is 15.4. The van der Waals surface area contributed by atoms with Gasteiger partial charge in [0.1, 0.15) is 0 Å². The third-order valence-electron chi connectivity index (χ3n) is 8.60. The van der Waals surface area contributed by atoms with Gasteiger partial charge in [-0.05, 0) is 53.3 Å². The predicted molar refractivity (Wildman–Crippen MR) is 158 cm³/mol. The van der Waals surface area contributed by atoms with Crippen molar-refractivity contribution in [1.29, 1.82) is 5.26 Å². The molecule has 4 nitrogen and oxygen atoms in total. The van der Waals surface area contributed by atoms with Crippen LogP contribution >= 0.6 is 0 Å². The summed E-state index contributed by atoms with van der Waals surface area (Å²) in [6, 6.07) is 13.8. The molecule has 38 heavy (non-hydrogen) atoms. The fourth-order valence-corrected chi connectivity index (χ4v) is 6.45. The van der Waals surface area contributed by atoms with Crippen LogP contribution < -0.4 is 0 Å². The van der Waals surface area contributed by atoms with Gasteiger partial charge in [0.15, 0.2) is 0 Å². The molecule has 0 heterocycles. The molecular formula is C34H48N2O2. The highest BCUT2D eigenvalue weighted by atomic mass is 16.6. The van der Waals surface area contributed by atoms with Crippen LogP contribution in [0.5, 0.6) is 0 Å². The highest BCUT2D eigenvalue weighted by Crippen LogP contribution is 2.55. The molecule has 1 aliphatic carbocycles. The molecule has 2 aromatic rings. The van der Waals surface area contributed by atoms with Gasteiger partial charge in [-0.3, -0.25) is 10.1 Å². The SMILES string of the molecule is CCCCCCCCCCC1(CCCCCCCCCC)c2cc(C#N)ccc2-c2ccc([N+](=O)[O-])cc21. The van der Waals surface area contributed by atoms with E-state index in [-0.39, 0.29) is 16.0 Å². The van der Waals surface area contributed by atoms with Crippen LogP contribution in [-0.4, -0.2) is 4.92 Å². The molecule has 0 bridgehead atoms. The van der Waals surface area contributed by atoms with Crippen molar-refractivity contribution in [3.8, 4) is 17.2 Å². The Kier molecular flexibility index (Phi) is 12.3. The summed E-state index contributed by atoms with van der Waals surface area (Å²) in [7, 11) is 0. The summed E-state index contributed by atoms with van der Waals surface area (Å²) in [6.45, 7) is 4.51. The van der Waals surface area contributed by atoms with Gasteiger partial charge in [0.25, 0.3) is 5.69 Å². The topological polar surface area (TPSA) is 66.9 Å². The maximum Gasteiger partial charge on any atom is 0.269 e. The molecule has 0 saturated carbocycles. The maximum atomic E-state index is 11.8. The van der Waals surface area contributed by atoms with E-state index in [4.69, 9.17) is 0 Å². The number of nitriles is 1. The zero-order chi connectivity index (χ0) is 27.2. The van der Waals surface area contributed by atoms with Crippen LogP contribution in [0.15, 0.2) is 36.4 Å². The Bertz CT molecular complexity index is 1050. The Labute approximate surface area is 231 Å². The third-order valence-corrected chi connectivity index (χ3v) is 8.60. The maximum absolute atomic E-state index is 11.8. The van der Waals surface area contributed by atoms with Crippen molar-refractivity contribution < 1.29 is 4.92 Å². The minimum absolute atomic E-state index is 0.174. The first-order valence-electron chi connectivity index (χ1n) is 15.4. The molecule has 0 N–H and O–H groups in total. The number of hydrogen-bond acceptors (Lipinski definition) is 3. The van der Waals surface area contributed by atoms with Gasteiger partial charge >= 0.3 is 0 Å². The van der Waals surface area contributed by atoms with Crippen molar-refractivity contribution in [2.45, 2.75) is 135 Å². The number of unbranched alkanes of at least 4 members (excludes halogenated alkanes) is 14. The van der Waals surface area contributed by atoms with Crippen molar-refractivity contribution in [1.82, 2.24) is 0 Å². The average Bonchev–Trinajstić information content (AvgIpc) is 3.20. The number of nitrogens with zero attached hydrogens (tertiary/aromatic N) is 2. The van der Waals surface area contributed by atoms with Crippen LogP contribution in [0, 0.1) is 21.4 Å². The van der Waals surface area contributed by atoms with Gasteiger partial charge in [0.05, 0.1) is 16.6 Å². The number of non-ortho nitro benzene ring substituents is 1. The second-order valence-electron chi connectivity index (χ2n) is 11.4. The fraction of sp³-hybridized carbons (Fsp3) is 0.618. The molecule has 3 rings (SSSR count). The Balaban J connectivity index is 1.82. The molecule has 0 spiro atoms. The van der Waals surface area contributed by atoms with Gasteiger partial charge in [0.2, 0.25) is 0 Å². The van der Waals surface area contributed by atoms with E-state index in [9.17, 15) is 15.4 Å². The molecule has 2 aromatic carbocycles. The lowest BCUT2D eigenvalue weighted by atomic mass is 9.70. The van der Waals surface area contributed by atoms with E-state index < -0.39 is 0 Å². The molecule has 206 valence electrons. The first kappa shape index (κ1) is 29.9. The number of benzene rings is 2. The highest BCUT2D eigenvalue weighted by Gasteiger charge is 2.43. The first-order chi connectivity index (χ1) is 18.6. The van der Waals surface area contributed by atoms with Gasteiger partial charge in [-0.25, -0.2) is 0 Å². The molecule has 0 aliphatic heterocycles. The van der Waals surface area contributed by atoms with Crippen LogP contribution in [0.1, 0.15) is 146 Å². The molecule has 0 amide bonds. The lowest BCUT2D eigenvalue weighted by Crippen LogP contribution is -2.26. The smallest absolute Gasteiger partial charge is 0.258 e. The van der Waals surface area contributed by atoms with Crippen LogP contribution in [0.4, 0.5) is 5.69 Å². The van der Waals surface area contributed by atoms with E-state index in [0.717, 1.165) is 42.4 Å². The normalized spacial score (nSPS) is 13.2. The van der Waals surface area contributed by atoms with E-state index in [1.165, 1.54) is 95.5 Å². The van der Waals surface area contributed by atoms with Gasteiger partial charge in [-0.1, -0.05) is 123 Å². The van der Waals surface area contributed by atoms with Gasteiger partial charge in [-0.15, -0.1) is 0 Å². The Morgan fingerprint density at radius 1 is 0.684 bits per heavy atom. The Hall–Kier alpha value is -2.67. The summed E-state index contributed by atoms with van der Waals surface area (Å²) in [4.78, 5) is 11.5. The molecule has 4 heteroatoms. The van der Waals surface area contributed by atoms with Crippen LogP contribution in [0.25, 0.3) is 11.1 Å². The van der Waals surface area contributed by atoms with E-state index >= 15 is 0 Å². The highest BCUT2D eigenvalue weighted by molar-refractivity contribution is 5.82. The quantitative estimate of drug-likeness (QED) is 0.106. The average molecular weight is 517 g/mol. The van der Waals surface area contributed by atoms with Crippen LogP contribution in [0.2, 0.25) is 0 Å². The Morgan fingerprint density at radius 2 is 1.13 bits per heavy atom. The molecule has 1 aliphatic rings. The van der Waals surface area contributed by atoms with Crippen molar-refractivity contribution in [2.24, 2.45) is 0 Å². The Morgan fingerprint density at radius 3 is 1.61 bits per heavy atom. The van der Waals surface area contributed by atoms with Crippen LogP contribution in [0.3, 0.4) is 0 Å². The second kappa shape index (κ2) is 15.7. The van der Waals surface area contributed by atoms with Crippen molar-refractivity contribution >= 4 is 5.69 Å². The van der Waals surface area contributed by atoms with Crippen LogP contribution in [-0.2, 0) is 5.41 Å². The monoisotopic (exact) mass is 516 g/mol. The lowest BCUT2D eigenvalue weighted by molar-refractivity contribution is -0.384. The van der Waals surface area contributed by atoms with Crippen molar-refractivity contribution in [3.63, 3.8) is 0 Å². The number of hydrogen-bond donors (Lipinski definition) is 0. The van der Waals surface area contributed by atoms with E-state index in [2.05, 4.69) is 32.0 Å². The second-order valence-corrected chi connectivity index (χ2v) is 11.4. The summed E-state index contributed by atoms with van der Waals surface area (Å²) < 4.78 is 0. The number of fused-ring (bicyclic) bond motifs is 3. The molecule has 0 aromatic heterocycles. The number of nitro benzene ring substituents is 1. The lowest BCUT2D eigenvalue weighted by Gasteiger charge is -2.33. The van der Waals surface area contributed by atoms with Gasteiger partial charge < -0.3 is 0 Å². The van der Waals surface area contributed by atoms with Crippen molar-refractivity contribution in [3.05, 3.63) is 63.2 Å². The van der Waals surface area contributed by atoms with E-state index in [1.807, 2.05) is 18.2 Å². The zero-order valence-corrected chi connectivity index (χ0v) is 23.9. The van der Waals surface area contributed by atoms with Gasteiger partial charge in [-0.2, -0.15) is 5.26 Å². The number of nitro groups is 1. The summed E-state index contributed by atoms with van der Waals surface area (Å²) in [5.41, 5.74) is 5.23. The van der Waals surface area contributed by atoms with E-state index in [1.54, 1.807) is 6.07 Å². The minimum Gasteiger partial charge on any atom is -0.258 e. The molecule has 0 unspecified atom stereocenters. The minimum atomic E-state index is -0.263. The summed E-state index contributed by atoms with van der Waals surface area (Å²) >= 11 is 0. The zero-order valence-electron chi connectivity index (χ0n) is 23.9. The van der Waals surface area contributed by atoms with E-state index in [0.29, 0.717) is 5.56 Å². The standard InChI is InChI=1S/C34H48N2O2/c1-3-5-7-9-11-13-15-17-23-34(24-18-16-14-12-10-8-6-4-2)32-25-28(27-35)19-21-30(32)31-22-20-29(36(37)38)26-33(31)34/h19-22,25-26H,3-18,23-24H2,1-2H3.